The molecule has 1 atom stereocenters. The number of nitrogens with zero attached hydrogens (tertiary/aromatic N) is 4. The topological polar surface area (TPSA) is 94.0 Å². The normalized spacial score (nSPS) is 19.7. The van der Waals surface area contributed by atoms with Crippen LogP contribution in [0.4, 0.5) is 0 Å². The Morgan fingerprint density at radius 1 is 1.19 bits per heavy atom. The fourth-order valence-electron chi connectivity index (χ4n) is 4.47. The summed E-state index contributed by atoms with van der Waals surface area (Å²) in [4.78, 5) is 22.3. The fourth-order valence-corrected chi connectivity index (χ4v) is 4.47. The van der Waals surface area contributed by atoms with E-state index in [2.05, 4.69) is 39.8 Å². The molecule has 8 nitrogen and oxygen atoms in total. The molecular weight excluding hydrogens is 392 g/mol. The number of ether oxygens (including phenoxy) is 1. The molecule has 5 heterocycles. The molecule has 5 rings (SSSR count). The van der Waals surface area contributed by atoms with Gasteiger partial charge < -0.3 is 15.4 Å². The molecule has 0 aliphatic carbocycles. The summed E-state index contributed by atoms with van der Waals surface area (Å²) in [6.45, 7) is 5.15. The number of fused-ring (bicyclic) bond motifs is 1. The van der Waals surface area contributed by atoms with Crippen molar-refractivity contribution in [3.8, 4) is 11.1 Å². The average Bonchev–Trinajstić information content (AvgIpc) is 3.22. The number of hydrogen-bond donors (Lipinski definition) is 2. The van der Waals surface area contributed by atoms with Crippen molar-refractivity contribution < 1.29 is 9.53 Å². The number of amides is 1. The molecule has 2 N–H and O–H groups in total. The zero-order valence-corrected chi connectivity index (χ0v) is 18.0. The minimum Gasteiger partial charge on any atom is -0.380 e. The predicted molar refractivity (Wildman–Crippen MR) is 117 cm³/mol. The van der Waals surface area contributed by atoms with Crippen LogP contribution in [0.25, 0.3) is 22.0 Å². The van der Waals surface area contributed by atoms with E-state index in [1.165, 1.54) is 0 Å². The maximum Gasteiger partial charge on any atom is 0.223 e. The van der Waals surface area contributed by atoms with Gasteiger partial charge in [-0.15, -0.1) is 0 Å². The highest BCUT2D eigenvalue weighted by Crippen LogP contribution is 2.40. The zero-order valence-electron chi connectivity index (χ0n) is 18.0. The summed E-state index contributed by atoms with van der Waals surface area (Å²) in [5, 5.41) is 11.9. The van der Waals surface area contributed by atoms with Gasteiger partial charge in [0.1, 0.15) is 0 Å². The molecule has 3 aromatic rings. The molecule has 31 heavy (non-hydrogen) atoms. The van der Waals surface area contributed by atoms with Crippen LogP contribution in [-0.2, 0) is 16.6 Å². The number of aryl methyl sites for hydroxylation is 1. The molecule has 3 aromatic heterocycles. The van der Waals surface area contributed by atoms with Gasteiger partial charge in [0, 0.05) is 47.3 Å². The number of carbonyl (C=O) groups is 1. The molecule has 1 unspecified atom stereocenters. The van der Waals surface area contributed by atoms with Crippen LogP contribution in [0.5, 0.6) is 0 Å². The van der Waals surface area contributed by atoms with Crippen molar-refractivity contribution in [2.45, 2.75) is 25.8 Å². The van der Waals surface area contributed by atoms with E-state index in [0.29, 0.717) is 13.2 Å². The van der Waals surface area contributed by atoms with Gasteiger partial charge in [0.15, 0.2) is 0 Å². The standard InChI is InChI=1S/C23H28N6O2/c1-23(13-31-14-23)21(28-22(30)15-3-5-24-6-4-15)19-8-16-7-17(9-25-20(16)11-26-19)18-10-27-29(2)12-18/h7-12,15,21,24H,3-6,13-14H2,1-2H3,(H,28,30). The van der Waals surface area contributed by atoms with Crippen molar-refractivity contribution in [1.82, 2.24) is 30.4 Å². The van der Waals surface area contributed by atoms with Crippen LogP contribution >= 0.6 is 0 Å². The SMILES string of the molecule is Cn1cc(-c2cnc3cnc(C(NC(=O)C4CCNCC4)C4(C)COC4)cc3c2)cn1. The van der Waals surface area contributed by atoms with Gasteiger partial charge in [0.2, 0.25) is 5.91 Å². The van der Waals surface area contributed by atoms with Gasteiger partial charge in [-0.1, -0.05) is 6.92 Å². The van der Waals surface area contributed by atoms with Gasteiger partial charge in [-0.2, -0.15) is 5.10 Å². The highest BCUT2D eigenvalue weighted by Gasteiger charge is 2.44. The molecule has 1 amide bonds. The average molecular weight is 421 g/mol. The molecule has 2 aliphatic heterocycles. The highest BCUT2D eigenvalue weighted by atomic mass is 16.5. The monoisotopic (exact) mass is 420 g/mol. The number of hydrogen-bond acceptors (Lipinski definition) is 6. The summed E-state index contributed by atoms with van der Waals surface area (Å²) in [7, 11) is 1.90. The number of aromatic nitrogens is 4. The molecule has 0 spiro atoms. The van der Waals surface area contributed by atoms with Gasteiger partial charge in [-0.3, -0.25) is 19.4 Å². The van der Waals surface area contributed by atoms with E-state index < -0.39 is 0 Å². The van der Waals surface area contributed by atoms with E-state index in [9.17, 15) is 4.79 Å². The van der Waals surface area contributed by atoms with E-state index in [1.54, 1.807) is 10.9 Å². The first kappa shape index (κ1) is 20.1. The molecule has 162 valence electrons. The Balaban J connectivity index is 1.47. The molecule has 2 aliphatic rings. The molecule has 0 radical (unpaired) electrons. The number of pyridine rings is 2. The second-order valence-electron chi connectivity index (χ2n) is 9.04. The Bertz CT molecular complexity index is 1100. The van der Waals surface area contributed by atoms with Crippen LogP contribution in [0, 0.1) is 11.3 Å². The molecule has 2 saturated heterocycles. The second kappa shape index (κ2) is 8.01. The summed E-state index contributed by atoms with van der Waals surface area (Å²) in [5.74, 6) is 0.163. The first-order valence-corrected chi connectivity index (χ1v) is 10.9. The van der Waals surface area contributed by atoms with E-state index >= 15 is 0 Å². The minimum absolute atomic E-state index is 0.0488. The van der Waals surface area contributed by atoms with Gasteiger partial charge in [-0.05, 0) is 38.1 Å². The third kappa shape index (κ3) is 3.93. The number of rotatable bonds is 5. The molecule has 0 bridgehead atoms. The highest BCUT2D eigenvalue weighted by molar-refractivity contribution is 5.83. The first-order valence-electron chi connectivity index (χ1n) is 10.9. The molecular formula is C23H28N6O2. The smallest absolute Gasteiger partial charge is 0.223 e. The molecule has 2 fully saturated rings. The lowest BCUT2D eigenvalue weighted by Crippen LogP contribution is -2.52. The molecule has 8 heteroatoms. The van der Waals surface area contributed by atoms with Crippen LogP contribution in [0.1, 0.15) is 31.5 Å². The van der Waals surface area contributed by atoms with E-state index in [1.807, 2.05) is 25.6 Å². The summed E-state index contributed by atoms with van der Waals surface area (Å²) >= 11 is 0. The van der Waals surface area contributed by atoms with Crippen LogP contribution < -0.4 is 10.6 Å². The van der Waals surface area contributed by atoms with Gasteiger partial charge in [0.25, 0.3) is 0 Å². The number of nitrogens with one attached hydrogen (secondary N) is 2. The Hall–Kier alpha value is -2.84. The summed E-state index contributed by atoms with van der Waals surface area (Å²) < 4.78 is 7.30. The minimum atomic E-state index is -0.199. The summed E-state index contributed by atoms with van der Waals surface area (Å²) in [6, 6.07) is 3.96. The predicted octanol–water partition coefficient (Wildman–Crippen LogP) is 2.22. The van der Waals surface area contributed by atoms with E-state index in [-0.39, 0.29) is 23.3 Å². The maximum absolute atomic E-state index is 13.0. The summed E-state index contributed by atoms with van der Waals surface area (Å²) in [5.41, 5.74) is 3.54. The Kier molecular flexibility index (Phi) is 5.19. The van der Waals surface area contributed by atoms with Crippen LogP contribution in [-0.4, -0.2) is 52.0 Å². The Labute approximate surface area is 181 Å². The van der Waals surface area contributed by atoms with Gasteiger partial charge in [-0.25, -0.2) is 0 Å². The Morgan fingerprint density at radius 2 is 2.00 bits per heavy atom. The van der Waals surface area contributed by atoms with Crippen LogP contribution in [0.15, 0.2) is 36.9 Å². The fraction of sp³-hybridized carbons (Fsp3) is 0.478. The second-order valence-corrected chi connectivity index (χ2v) is 9.04. The molecule has 0 aromatic carbocycles. The lowest BCUT2D eigenvalue weighted by atomic mass is 9.78. The van der Waals surface area contributed by atoms with Crippen LogP contribution in [0.3, 0.4) is 0 Å². The van der Waals surface area contributed by atoms with Crippen molar-refractivity contribution >= 4 is 16.8 Å². The summed E-state index contributed by atoms with van der Waals surface area (Å²) in [6.07, 6.45) is 9.19. The van der Waals surface area contributed by atoms with Crippen LogP contribution in [0.2, 0.25) is 0 Å². The lowest BCUT2D eigenvalue weighted by Gasteiger charge is -2.44. The maximum atomic E-state index is 13.0. The van der Waals surface area contributed by atoms with E-state index in [4.69, 9.17) is 9.72 Å². The van der Waals surface area contributed by atoms with Gasteiger partial charge >= 0.3 is 0 Å². The third-order valence-electron chi connectivity index (χ3n) is 6.48. The first-order chi connectivity index (χ1) is 15.0. The molecule has 0 saturated carbocycles. The van der Waals surface area contributed by atoms with Crippen molar-refractivity contribution in [2.24, 2.45) is 18.4 Å². The number of piperidine rings is 1. The largest absolute Gasteiger partial charge is 0.380 e. The van der Waals surface area contributed by atoms with Gasteiger partial charge in [0.05, 0.1) is 42.9 Å². The van der Waals surface area contributed by atoms with Crippen molar-refractivity contribution in [2.75, 3.05) is 26.3 Å². The lowest BCUT2D eigenvalue weighted by molar-refractivity contribution is -0.140. The van der Waals surface area contributed by atoms with E-state index in [0.717, 1.165) is 53.7 Å². The van der Waals surface area contributed by atoms with Crippen molar-refractivity contribution in [3.05, 3.63) is 42.6 Å². The zero-order chi connectivity index (χ0) is 21.4. The van der Waals surface area contributed by atoms with Crippen molar-refractivity contribution in [1.29, 1.82) is 0 Å². The quantitative estimate of drug-likeness (QED) is 0.657. The third-order valence-corrected chi connectivity index (χ3v) is 6.48. The number of carbonyl (C=O) groups excluding carboxylic acids is 1. The van der Waals surface area contributed by atoms with Crippen molar-refractivity contribution in [3.63, 3.8) is 0 Å². The Morgan fingerprint density at radius 3 is 2.68 bits per heavy atom.